The van der Waals surface area contributed by atoms with Crippen molar-refractivity contribution in [2.45, 2.75) is 83.1 Å². The zero-order valence-electron chi connectivity index (χ0n) is 13.1. The van der Waals surface area contributed by atoms with Gasteiger partial charge >= 0.3 is 0 Å². The summed E-state index contributed by atoms with van der Waals surface area (Å²) in [4.78, 5) is 0. The Kier molecular flexibility index (Phi) is 6.59. The lowest BCUT2D eigenvalue weighted by molar-refractivity contribution is 0.607. The van der Waals surface area contributed by atoms with Crippen molar-refractivity contribution in [3.05, 3.63) is 35.4 Å². The predicted octanol–water partition coefficient (Wildman–Crippen LogP) is 5.18. The zero-order chi connectivity index (χ0) is 14.2. The van der Waals surface area contributed by atoms with Gasteiger partial charge in [0.05, 0.1) is 0 Å². The summed E-state index contributed by atoms with van der Waals surface area (Å²) in [5, 5.41) is 0. The first kappa shape index (κ1) is 15.6. The van der Waals surface area contributed by atoms with Crippen LogP contribution in [0.25, 0.3) is 0 Å². The molecule has 1 aromatic carbocycles. The smallest absolute Gasteiger partial charge is 0.00448 e. The van der Waals surface area contributed by atoms with Crippen molar-refractivity contribution < 1.29 is 0 Å². The van der Waals surface area contributed by atoms with Gasteiger partial charge in [-0.25, -0.2) is 0 Å². The Labute approximate surface area is 125 Å². The summed E-state index contributed by atoms with van der Waals surface area (Å²) in [6, 6.07) is 9.79. The molecule has 1 unspecified atom stereocenters. The minimum atomic E-state index is 0.433. The monoisotopic (exact) mass is 273 g/mol. The van der Waals surface area contributed by atoms with Gasteiger partial charge in [-0.05, 0) is 49.1 Å². The van der Waals surface area contributed by atoms with Gasteiger partial charge in [0.25, 0.3) is 0 Å². The number of benzene rings is 1. The standard InChI is InChI=1S/C19H31N/c1-2-3-4-5-6-7-8-16-9-11-17(12-10-16)18-13-14-19(20)15-18/h9-12,18-19H,2-8,13-15,20H2,1H3/t18-,19?/m0/s1. The molecule has 0 aromatic heterocycles. The van der Waals surface area contributed by atoms with Crippen LogP contribution in [0.15, 0.2) is 24.3 Å². The van der Waals surface area contributed by atoms with Crippen LogP contribution in [0, 0.1) is 0 Å². The number of hydrogen-bond donors (Lipinski definition) is 1. The molecule has 1 heteroatoms. The third-order valence-electron chi connectivity index (χ3n) is 4.74. The van der Waals surface area contributed by atoms with Crippen molar-refractivity contribution in [1.82, 2.24) is 0 Å². The first-order chi connectivity index (χ1) is 9.79. The summed E-state index contributed by atoms with van der Waals surface area (Å²) >= 11 is 0. The highest BCUT2D eigenvalue weighted by molar-refractivity contribution is 5.26. The third-order valence-corrected chi connectivity index (χ3v) is 4.74. The molecule has 0 bridgehead atoms. The lowest BCUT2D eigenvalue weighted by atomic mass is 9.95. The van der Waals surface area contributed by atoms with E-state index in [2.05, 4.69) is 31.2 Å². The zero-order valence-corrected chi connectivity index (χ0v) is 13.1. The van der Waals surface area contributed by atoms with E-state index in [0.717, 1.165) is 0 Å². The normalized spacial score (nSPS) is 22.3. The maximum Gasteiger partial charge on any atom is 0.00448 e. The van der Waals surface area contributed by atoms with E-state index in [0.29, 0.717) is 12.0 Å². The highest BCUT2D eigenvalue weighted by atomic mass is 14.6. The van der Waals surface area contributed by atoms with Gasteiger partial charge in [-0.15, -0.1) is 0 Å². The van der Waals surface area contributed by atoms with E-state index in [1.54, 1.807) is 0 Å². The third kappa shape index (κ3) is 4.94. The average Bonchev–Trinajstić information content (AvgIpc) is 2.90. The maximum absolute atomic E-state index is 6.01. The van der Waals surface area contributed by atoms with Crippen LogP contribution in [0.3, 0.4) is 0 Å². The summed E-state index contributed by atoms with van der Waals surface area (Å²) < 4.78 is 0. The van der Waals surface area contributed by atoms with E-state index in [1.165, 1.54) is 75.3 Å². The number of nitrogens with two attached hydrogens (primary N) is 1. The molecule has 1 fully saturated rings. The average molecular weight is 273 g/mol. The Morgan fingerprint density at radius 1 is 0.950 bits per heavy atom. The fourth-order valence-corrected chi connectivity index (χ4v) is 3.39. The van der Waals surface area contributed by atoms with Crippen LogP contribution in [0.4, 0.5) is 0 Å². The number of unbranched alkanes of at least 4 members (excludes halogenated alkanes) is 5. The minimum Gasteiger partial charge on any atom is -0.328 e. The molecule has 1 aliphatic carbocycles. The molecule has 1 aromatic rings. The second-order valence-electron chi connectivity index (χ2n) is 6.53. The minimum absolute atomic E-state index is 0.433. The van der Waals surface area contributed by atoms with Gasteiger partial charge in [0.2, 0.25) is 0 Å². The second kappa shape index (κ2) is 8.46. The van der Waals surface area contributed by atoms with Crippen LogP contribution in [0.2, 0.25) is 0 Å². The number of aryl methyl sites for hydroxylation is 1. The molecule has 0 amide bonds. The molecule has 112 valence electrons. The van der Waals surface area contributed by atoms with E-state index in [-0.39, 0.29) is 0 Å². The predicted molar refractivity (Wildman–Crippen MR) is 88.1 cm³/mol. The van der Waals surface area contributed by atoms with Crippen molar-refractivity contribution >= 4 is 0 Å². The molecule has 0 radical (unpaired) electrons. The molecule has 20 heavy (non-hydrogen) atoms. The fourth-order valence-electron chi connectivity index (χ4n) is 3.39. The van der Waals surface area contributed by atoms with Crippen LogP contribution in [-0.4, -0.2) is 6.04 Å². The first-order valence-electron chi connectivity index (χ1n) is 8.64. The molecule has 1 aliphatic rings. The molecular weight excluding hydrogens is 242 g/mol. The molecule has 0 aliphatic heterocycles. The van der Waals surface area contributed by atoms with Gasteiger partial charge in [-0.3, -0.25) is 0 Å². The van der Waals surface area contributed by atoms with Crippen molar-refractivity contribution in [2.24, 2.45) is 5.73 Å². The van der Waals surface area contributed by atoms with Gasteiger partial charge in [0.15, 0.2) is 0 Å². The van der Waals surface area contributed by atoms with Gasteiger partial charge < -0.3 is 5.73 Å². The van der Waals surface area contributed by atoms with Crippen LogP contribution in [0.5, 0.6) is 0 Å². The van der Waals surface area contributed by atoms with Crippen LogP contribution >= 0.6 is 0 Å². The number of hydrogen-bond acceptors (Lipinski definition) is 1. The van der Waals surface area contributed by atoms with Crippen molar-refractivity contribution in [1.29, 1.82) is 0 Å². The molecule has 2 atom stereocenters. The summed E-state index contributed by atoms with van der Waals surface area (Å²) in [5.41, 5.74) is 9.02. The Morgan fingerprint density at radius 2 is 1.65 bits per heavy atom. The van der Waals surface area contributed by atoms with Gasteiger partial charge in [-0.2, -0.15) is 0 Å². The summed E-state index contributed by atoms with van der Waals surface area (Å²) in [7, 11) is 0. The van der Waals surface area contributed by atoms with Crippen molar-refractivity contribution in [2.75, 3.05) is 0 Å². The van der Waals surface area contributed by atoms with E-state index in [9.17, 15) is 0 Å². The van der Waals surface area contributed by atoms with E-state index in [4.69, 9.17) is 5.73 Å². The lowest BCUT2D eigenvalue weighted by Gasteiger charge is -2.11. The highest BCUT2D eigenvalue weighted by Gasteiger charge is 2.22. The summed E-state index contributed by atoms with van der Waals surface area (Å²) in [6.07, 6.45) is 13.2. The molecule has 2 N–H and O–H groups in total. The molecular formula is C19H31N. The van der Waals surface area contributed by atoms with Gasteiger partial charge in [-0.1, -0.05) is 63.3 Å². The fraction of sp³-hybridized carbons (Fsp3) is 0.684. The lowest BCUT2D eigenvalue weighted by Crippen LogP contribution is -2.14. The summed E-state index contributed by atoms with van der Waals surface area (Å²) in [6.45, 7) is 2.28. The van der Waals surface area contributed by atoms with Gasteiger partial charge in [0, 0.05) is 6.04 Å². The molecule has 1 saturated carbocycles. The molecule has 0 spiro atoms. The summed E-state index contributed by atoms with van der Waals surface area (Å²) in [5.74, 6) is 0.716. The number of rotatable bonds is 8. The largest absolute Gasteiger partial charge is 0.328 e. The Bertz CT molecular complexity index is 368. The van der Waals surface area contributed by atoms with E-state index in [1.807, 2.05) is 0 Å². The maximum atomic E-state index is 6.01. The molecule has 0 saturated heterocycles. The quantitative estimate of drug-likeness (QED) is 0.648. The van der Waals surface area contributed by atoms with Crippen molar-refractivity contribution in [3.8, 4) is 0 Å². The second-order valence-corrected chi connectivity index (χ2v) is 6.53. The SMILES string of the molecule is CCCCCCCCc1ccc([C@H]2CCC(N)C2)cc1. The Hall–Kier alpha value is -0.820. The Morgan fingerprint density at radius 3 is 2.30 bits per heavy atom. The highest BCUT2D eigenvalue weighted by Crippen LogP contribution is 2.33. The van der Waals surface area contributed by atoms with Crippen LogP contribution in [-0.2, 0) is 6.42 Å². The van der Waals surface area contributed by atoms with Crippen LogP contribution < -0.4 is 5.73 Å². The van der Waals surface area contributed by atoms with Crippen LogP contribution in [0.1, 0.15) is 81.8 Å². The molecule has 0 heterocycles. The first-order valence-corrected chi connectivity index (χ1v) is 8.64. The molecule has 2 rings (SSSR count). The molecule has 1 nitrogen and oxygen atoms in total. The van der Waals surface area contributed by atoms with E-state index < -0.39 is 0 Å². The van der Waals surface area contributed by atoms with Gasteiger partial charge in [0.1, 0.15) is 0 Å². The topological polar surface area (TPSA) is 26.0 Å². The van der Waals surface area contributed by atoms with E-state index >= 15 is 0 Å². The Balaban J connectivity index is 1.69. The van der Waals surface area contributed by atoms with Crippen molar-refractivity contribution in [3.63, 3.8) is 0 Å².